The zero-order valence-electron chi connectivity index (χ0n) is 20.5. The highest BCUT2D eigenvalue weighted by molar-refractivity contribution is 7.89. The Balaban J connectivity index is 1.77. The lowest BCUT2D eigenvalue weighted by Crippen LogP contribution is -2.50. The molecule has 0 aromatic heterocycles. The van der Waals surface area contributed by atoms with Gasteiger partial charge in [0.15, 0.2) is 8.32 Å². The van der Waals surface area contributed by atoms with E-state index in [9.17, 15) is 8.42 Å². The molecule has 33 heavy (non-hydrogen) atoms. The average molecular weight is 486 g/mol. The SMILES string of the molecule is Cc1ccc(S(=O)(=O)N2CC(CO[Si](C)(C)C(C)(C)C)=CC23COCc2ccccc23)cc1. The lowest BCUT2D eigenvalue weighted by Gasteiger charge is -2.41. The Morgan fingerprint density at radius 1 is 1.09 bits per heavy atom. The van der Waals surface area contributed by atoms with Crippen LogP contribution >= 0.6 is 0 Å². The fraction of sp³-hybridized carbons (Fsp3) is 0.462. The van der Waals surface area contributed by atoms with Crippen molar-refractivity contribution in [2.24, 2.45) is 0 Å². The van der Waals surface area contributed by atoms with Gasteiger partial charge in [-0.15, -0.1) is 0 Å². The minimum absolute atomic E-state index is 0.0814. The maximum absolute atomic E-state index is 13.9. The third kappa shape index (κ3) is 4.37. The van der Waals surface area contributed by atoms with E-state index >= 15 is 0 Å². The largest absolute Gasteiger partial charge is 0.413 e. The number of benzene rings is 2. The lowest BCUT2D eigenvalue weighted by atomic mass is 9.86. The molecule has 0 amide bonds. The number of hydrogen-bond acceptors (Lipinski definition) is 4. The number of ether oxygens (including phenoxy) is 1. The molecule has 2 heterocycles. The number of aryl methyl sites for hydroxylation is 1. The lowest BCUT2D eigenvalue weighted by molar-refractivity contribution is 0.0324. The van der Waals surface area contributed by atoms with Crippen LogP contribution in [0.1, 0.15) is 37.5 Å². The van der Waals surface area contributed by atoms with Crippen LogP contribution < -0.4 is 0 Å². The second-order valence-electron chi connectivity index (χ2n) is 10.8. The van der Waals surface area contributed by atoms with Crippen LogP contribution in [0.25, 0.3) is 0 Å². The Morgan fingerprint density at radius 3 is 2.42 bits per heavy atom. The van der Waals surface area contributed by atoms with Gasteiger partial charge in [-0.1, -0.05) is 68.8 Å². The summed E-state index contributed by atoms with van der Waals surface area (Å²) >= 11 is 0. The summed E-state index contributed by atoms with van der Waals surface area (Å²) in [5, 5.41) is 0.0814. The normalized spacial score (nSPS) is 21.8. The maximum atomic E-state index is 13.9. The van der Waals surface area contributed by atoms with Gasteiger partial charge in [0.05, 0.1) is 24.7 Å². The fourth-order valence-corrected chi connectivity index (χ4v) is 6.97. The molecule has 1 atom stereocenters. The Hall–Kier alpha value is -1.77. The van der Waals surface area contributed by atoms with E-state index in [0.29, 0.717) is 31.3 Å². The average Bonchev–Trinajstić information content (AvgIpc) is 3.12. The predicted octanol–water partition coefficient (Wildman–Crippen LogP) is 5.37. The van der Waals surface area contributed by atoms with Crippen LogP contribution in [0, 0.1) is 6.92 Å². The van der Waals surface area contributed by atoms with E-state index in [1.807, 2.05) is 43.3 Å². The molecule has 2 aromatic rings. The Kier molecular flexibility index (Phi) is 6.25. The first-order valence-corrected chi connectivity index (χ1v) is 15.8. The zero-order valence-corrected chi connectivity index (χ0v) is 22.3. The minimum atomic E-state index is -3.76. The van der Waals surface area contributed by atoms with E-state index in [0.717, 1.165) is 22.3 Å². The Bertz CT molecular complexity index is 1170. The third-order valence-electron chi connectivity index (χ3n) is 7.33. The molecule has 2 aromatic carbocycles. The van der Waals surface area contributed by atoms with E-state index < -0.39 is 23.9 Å². The molecule has 178 valence electrons. The minimum Gasteiger partial charge on any atom is -0.413 e. The fourth-order valence-electron chi connectivity index (χ4n) is 4.28. The van der Waals surface area contributed by atoms with Crippen LogP contribution in [0.3, 0.4) is 0 Å². The molecule has 1 unspecified atom stereocenters. The van der Waals surface area contributed by atoms with Gasteiger partial charge in [-0.2, -0.15) is 4.31 Å². The summed E-state index contributed by atoms with van der Waals surface area (Å²) < 4.78 is 42.0. The summed E-state index contributed by atoms with van der Waals surface area (Å²) in [6.45, 7) is 14.5. The van der Waals surface area contributed by atoms with Gasteiger partial charge in [-0.25, -0.2) is 8.42 Å². The van der Waals surface area contributed by atoms with Crippen LogP contribution in [0.5, 0.6) is 0 Å². The predicted molar refractivity (Wildman–Crippen MR) is 134 cm³/mol. The van der Waals surface area contributed by atoms with Crippen molar-refractivity contribution in [3.05, 3.63) is 76.9 Å². The monoisotopic (exact) mass is 485 g/mol. The number of rotatable bonds is 5. The van der Waals surface area contributed by atoms with Crippen molar-refractivity contribution < 1.29 is 17.6 Å². The molecule has 0 fully saturated rings. The summed E-state index contributed by atoms with van der Waals surface area (Å²) in [7, 11) is -5.75. The molecule has 4 rings (SSSR count). The molecule has 0 radical (unpaired) electrons. The van der Waals surface area contributed by atoms with E-state index in [-0.39, 0.29) is 5.04 Å². The summed E-state index contributed by atoms with van der Waals surface area (Å²) in [6.07, 6.45) is 2.09. The zero-order chi connectivity index (χ0) is 24.1. The summed E-state index contributed by atoms with van der Waals surface area (Å²) in [4.78, 5) is 0.301. The van der Waals surface area contributed by atoms with Gasteiger partial charge in [0.2, 0.25) is 10.0 Å². The van der Waals surface area contributed by atoms with Gasteiger partial charge < -0.3 is 9.16 Å². The van der Waals surface area contributed by atoms with Crippen LogP contribution in [0.4, 0.5) is 0 Å². The van der Waals surface area contributed by atoms with Crippen molar-refractivity contribution in [1.82, 2.24) is 4.31 Å². The molecule has 0 saturated heterocycles. The molecular formula is C26H35NO4SSi. The molecule has 2 aliphatic rings. The van der Waals surface area contributed by atoms with Crippen LogP contribution in [0.2, 0.25) is 18.1 Å². The number of sulfonamides is 1. The number of nitrogens with zero attached hydrogens (tertiary/aromatic N) is 1. The quantitative estimate of drug-likeness (QED) is 0.422. The highest BCUT2D eigenvalue weighted by atomic mass is 32.2. The molecule has 1 spiro atoms. The Labute approximate surface area is 199 Å². The van der Waals surface area contributed by atoms with Crippen molar-refractivity contribution in [2.45, 2.75) is 62.9 Å². The molecule has 0 aliphatic carbocycles. The standard InChI is InChI=1S/C26H35NO4SSi/c1-20-11-13-23(14-12-20)32(28,29)27-16-21(17-31-33(5,6)25(2,3)4)15-26(27)19-30-18-22-9-7-8-10-24(22)26/h7-15H,16-19H2,1-6H3. The molecule has 0 N–H and O–H groups in total. The summed E-state index contributed by atoms with van der Waals surface area (Å²) in [5.74, 6) is 0. The second kappa shape index (κ2) is 8.47. The van der Waals surface area contributed by atoms with E-state index in [4.69, 9.17) is 9.16 Å². The molecule has 0 saturated carbocycles. The van der Waals surface area contributed by atoms with Gasteiger partial charge in [0.1, 0.15) is 5.54 Å². The highest BCUT2D eigenvalue weighted by Crippen LogP contribution is 2.45. The molecule has 2 aliphatic heterocycles. The van der Waals surface area contributed by atoms with E-state index in [1.165, 1.54) is 0 Å². The van der Waals surface area contributed by atoms with Gasteiger partial charge >= 0.3 is 0 Å². The van der Waals surface area contributed by atoms with Crippen LogP contribution in [0.15, 0.2) is 65.1 Å². The maximum Gasteiger partial charge on any atom is 0.244 e. The Morgan fingerprint density at radius 2 is 1.76 bits per heavy atom. The summed E-state index contributed by atoms with van der Waals surface area (Å²) in [6, 6.07) is 15.1. The molecule has 5 nitrogen and oxygen atoms in total. The van der Waals surface area contributed by atoms with Crippen molar-refractivity contribution in [3.63, 3.8) is 0 Å². The second-order valence-corrected chi connectivity index (χ2v) is 17.4. The first kappa shape index (κ1) is 24.4. The van der Waals surface area contributed by atoms with Crippen LogP contribution in [-0.2, 0) is 31.3 Å². The topological polar surface area (TPSA) is 55.8 Å². The van der Waals surface area contributed by atoms with Gasteiger partial charge in [0, 0.05) is 6.54 Å². The smallest absolute Gasteiger partial charge is 0.244 e. The first-order valence-electron chi connectivity index (χ1n) is 11.5. The summed E-state index contributed by atoms with van der Waals surface area (Å²) in [5.41, 5.74) is 3.16. The van der Waals surface area contributed by atoms with Crippen LogP contribution in [-0.4, -0.2) is 40.8 Å². The first-order chi connectivity index (χ1) is 15.4. The molecule has 7 heteroatoms. The van der Waals surface area contributed by atoms with Crippen molar-refractivity contribution >= 4 is 18.3 Å². The van der Waals surface area contributed by atoms with E-state index in [2.05, 4.69) is 39.9 Å². The highest BCUT2D eigenvalue weighted by Gasteiger charge is 2.51. The van der Waals surface area contributed by atoms with Gasteiger partial charge in [-0.05, 0) is 53.9 Å². The van der Waals surface area contributed by atoms with Gasteiger partial charge in [-0.3, -0.25) is 0 Å². The van der Waals surface area contributed by atoms with Gasteiger partial charge in [0.25, 0.3) is 0 Å². The number of fused-ring (bicyclic) bond motifs is 2. The van der Waals surface area contributed by atoms with Crippen molar-refractivity contribution in [2.75, 3.05) is 19.8 Å². The van der Waals surface area contributed by atoms with Crippen molar-refractivity contribution in [1.29, 1.82) is 0 Å². The number of hydrogen-bond donors (Lipinski definition) is 0. The molecular weight excluding hydrogens is 450 g/mol. The van der Waals surface area contributed by atoms with E-state index in [1.54, 1.807) is 16.4 Å². The van der Waals surface area contributed by atoms with Crippen molar-refractivity contribution in [3.8, 4) is 0 Å². The molecule has 0 bridgehead atoms. The third-order valence-corrected chi connectivity index (χ3v) is 13.7.